The Bertz CT molecular complexity index is 380. The first-order chi connectivity index (χ1) is 9.49. The summed E-state index contributed by atoms with van der Waals surface area (Å²) < 4.78 is 29.3. The molecule has 0 N–H and O–H groups in total. The molecular formula is C15H27ClO3S. The maximum absolute atomic E-state index is 11.6. The monoisotopic (exact) mass is 322 g/mol. The van der Waals surface area contributed by atoms with E-state index in [2.05, 4.69) is 0 Å². The summed E-state index contributed by atoms with van der Waals surface area (Å²) >= 11 is 0. The van der Waals surface area contributed by atoms with Crippen LogP contribution in [0.15, 0.2) is 0 Å². The first kappa shape index (κ1) is 16.6. The highest BCUT2D eigenvalue weighted by molar-refractivity contribution is 8.13. The zero-order valence-electron chi connectivity index (χ0n) is 12.3. The van der Waals surface area contributed by atoms with Crippen molar-refractivity contribution in [2.45, 2.75) is 76.7 Å². The Balaban J connectivity index is 1.97. The SMILES string of the molecule is O=S(=O)(Cl)CC1(COC2CCCCC2)CCCCCC1. The zero-order valence-corrected chi connectivity index (χ0v) is 13.9. The summed E-state index contributed by atoms with van der Waals surface area (Å²) in [7, 11) is 2.09. The van der Waals surface area contributed by atoms with E-state index in [-0.39, 0.29) is 11.2 Å². The second-order valence-electron chi connectivity index (χ2n) is 6.67. The van der Waals surface area contributed by atoms with Crippen LogP contribution in [0.4, 0.5) is 0 Å². The summed E-state index contributed by atoms with van der Waals surface area (Å²) in [6, 6.07) is 0. The molecule has 118 valence electrons. The van der Waals surface area contributed by atoms with Crippen LogP contribution < -0.4 is 0 Å². The van der Waals surface area contributed by atoms with Gasteiger partial charge in [0.1, 0.15) is 0 Å². The van der Waals surface area contributed by atoms with E-state index >= 15 is 0 Å². The highest BCUT2D eigenvalue weighted by Gasteiger charge is 2.36. The van der Waals surface area contributed by atoms with Crippen LogP contribution in [0.3, 0.4) is 0 Å². The first-order valence-electron chi connectivity index (χ1n) is 8.03. The number of rotatable bonds is 5. The lowest BCUT2D eigenvalue weighted by Gasteiger charge is -2.34. The Morgan fingerprint density at radius 2 is 1.50 bits per heavy atom. The van der Waals surface area contributed by atoms with Gasteiger partial charge in [0, 0.05) is 16.1 Å². The number of ether oxygens (including phenoxy) is 1. The molecule has 2 aliphatic rings. The lowest BCUT2D eigenvalue weighted by Crippen LogP contribution is -2.35. The topological polar surface area (TPSA) is 43.4 Å². The van der Waals surface area contributed by atoms with Gasteiger partial charge in [-0.25, -0.2) is 8.42 Å². The van der Waals surface area contributed by atoms with Crippen LogP contribution in [0.2, 0.25) is 0 Å². The zero-order chi connectivity index (χ0) is 14.5. The van der Waals surface area contributed by atoms with Crippen molar-refractivity contribution in [1.82, 2.24) is 0 Å². The molecule has 0 atom stereocenters. The first-order valence-corrected chi connectivity index (χ1v) is 10.5. The second kappa shape index (κ2) is 7.46. The molecule has 3 nitrogen and oxygen atoms in total. The quantitative estimate of drug-likeness (QED) is 0.561. The summed E-state index contributed by atoms with van der Waals surface area (Å²) in [5.74, 6) is 0.0777. The largest absolute Gasteiger partial charge is 0.378 e. The second-order valence-corrected chi connectivity index (χ2v) is 9.45. The maximum atomic E-state index is 11.6. The summed E-state index contributed by atoms with van der Waals surface area (Å²) in [4.78, 5) is 0. The fourth-order valence-electron chi connectivity index (χ4n) is 3.70. The molecule has 2 fully saturated rings. The molecule has 0 saturated heterocycles. The third-order valence-electron chi connectivity index (χ3n) is 4.82. The van der Waals surface area contributed by atoms with Crippen LogP contribution in [-0.2, 0) is 13.8 Å². The standard InChI is InChI=1S/C15H27ClO3S/c16-20(17,18)13-15(10-6-1-2-7-11-15)12-19-14-8-4-3-5-9-14/h14H,1-13H2. The van der Waals surface area contributed by atoms with Crippen LogP contribution in [0.1, 0.15) is 70.6 Å². The van der Waals surface area contributed by atoms with Gasteiger partial charge in [-0.2, -0.15) is 0 Å². The van der Waals surface area contributed by atoms with Gasteiger partial charge in [0.2, 0.25) is 9.05 Å². The minimum absolute atomic E-state index is 0.0777. The molecule has 0 radical (unpaired) electrons. The summed E-state index contributed by atoms with van der Waals surface area (Å²) in [5, 5.41) is 0. The molecule has 0 heterocycles. The molecule has 5 heteroatoms. The molecule has 2 aliphatic carbocycles. The highest BCUT2D eigenvalue weighted by atomic mass is 35.7. The summed E-state index contributed by atoms with van der Waals surface area (Å²) in [6.45, 7) is 0.573. The Morgan fingerprint density at radius 3 is 2.05 bits per heavy atom. The van der Waals surface area contributed by atoms with Crippen LogP contribution in [0.5, 0.6) is 0 Å². The van der Waals surface area contributed by atoms with Gasteiger partial charge in [0.25, 0.3) is 0 Å². The molecule has 0 bridgehead atoms. The Hall–Kier alpha value is 0.200. The Labute approximate surface area is 127 Å². The van der Waals surface area contributed by atoms with Crippen molar-refractivity contribution in [3.05, 3.63) is 0 Å². The van der Waals surface area contributed by atoms with E-state index in [0.29, 0.717) is 12.7 Å². The van der Waals surface area contributed by atoms with Crippen LogP contribution in [0, 0.1) is 5.41 Å². The van der Waals surface area contributed by atoms with Crippen molar-refractivity contribution in [1.29, 1.82) is 0 Å². The van der Waals surface area contributed by atoms with Gasteiger partial charge in [-0.3, -0.25) is 0 Å². The van der Waals surface area contributed by atoms with E-state index in [9.17, 15) is 8.42 Å². The molecule has 2 saturated carbocycles. The third kappa shape index (κ3) is 5.53. The van der Waals surface area contributed by atoms with E-state index in [4.69, 9.17) is 15.4 Å². The number of hydrogen-bond donors (Lipinski definition) is 0. The lowest BCUT2D eigenvalue weighted by molar-refractivity contribution is -0.0237. The molecule has 0 aliphatic heterocycles. The average Bonchev–Trinajstić information content (AvgIpc) is 2.62. The molecular weight excluding hydrogens is 296 g/mol. The molecule has 0 aromatic rings. The van der Waals surface area contributed by atoms with Gasteiger partial charge >= 0.3 is 0 Å². The number of hydrogen-bond acceptors (Lipinski definition) is 3. The van der Waals surface area contributed by atoms with Gasteiger partial charge in [0.05, 0.1) is 18.5 Å². The van der Waals surface area contributed by atoms with Gasteiger partial charge in [-0.15, -0.1) is 0 Å². The maximum Gasteiger partial charge on any atom is 0.233 e. The van der Waals surface area contributed by atoms with Crippen LogP contribution in [0.25, 0.3) is 0 Å². The Kier molecular flexibility index (Phi) is 6.18. The molecule has 2 rings (SSSR count). The lowest BCUT2D eigenvalue weighted by atomic mass is 9.83. The van der Waals surface area contributed by atoms with E-state index in [1.807, 2.05) is 0 Å². The molecule has 0 spiro atoms. The Morgan fingerprint density at radius 1 is 0.950 bits per heavy atom. The fourth-order valence-corrected chi connectivity index (χ4v) is 5.50. The average molecular weight is 323 g/mol. The van der Waals surface area contributed by atoms with Gasteiger partial charge in [0.15, 0.2) is 0 Å². The van der Waals surface area contributed by atoms with E-state index in [1.54, 1.807) is 0 Å². The fraction of sp³-hybridized carbons (Fsp3) is 1.00. The molecule has 0 unspecified atom stereocenters. The van der Waals surface area contributed by atoms with Crippen molar-refractivity contribution in [3.63, 3.8) is 0 Å². The van der Waals surface area contributed by atoms with Crippen LogP contribution in [-0.4, -0.2) is 26.9 Å². The van der Waals surface area contributed by atoms with Crippen LogP contribution >= 0.6 is 10.7 Å². The van der Waals surface area contributed by atoms with Gasteiger partial charge in [-0.1, -0.05) is 44.9 Å². The summed E-state index contributed by atoms with van der Waals surface area (Å²) in [5.41, 5.74) is -0.242. The molecule has 0 aromatic carbocycles. The molecule has 0 amide bonds. The third-order valence-corrected chi connectivity index (χ3v) is 6.10. The van der Waals surface area contributed by atoms with Crippen molar-refractivity contribution in [2.75, 3.05) is 12.4 Å². The molecule has 0 aromatic heterocycles. The minimum atomic E-state index is -3.46. The molecule has 20 heavy (non-hydrogen) atoms. The number of halogens is 1. The van der Waals surface area contributed by atoms with Gasteiger partial charge < -0.3 is 4.74 Å². The predicted octanol–water partition coefficient (Wildman–Crippen LogP) is 4.24. The normalized spacial score (nSPS) is 25.2. The minimum Gasteiger partial charge on any atom is -0.378 e. The van der Waals surface area contributed by atoms with Crippen molar-refractivity contribution in [3.8, 4) is 0 Å². The summed E-state index contributed by atoms with van der Waals surface area (Å²) in [6.07, 6.45) is 12.9. The smallest absolute Gasteiger partial charge is 0.233 e. The predicted molar refractivity (Wildman–Crippen MR) is 82.6 cm³/mol. The van der Waals surface area contributed by atoms with Crippen molar-refractivity contribution < 1.29 is 13.2 Å². The van der Waals surface area contributed by atoms with E-state index in [0.717, 1.165) is 38.5 Å². The highest BCUT2D eigenvalue weighted by Crippen LogP contribution is 2.38. The van der Waals surface area contributed by atoms with Gasteiger partial charge in [-0.05, 0) is 25.7 Å². The van der Waals surface area contributed by atoms with Crippen molar-refractivity contribution >= 4 is 19.7 Å². The van der Waals surface area contributed by atoms with E-state index < -0.39 is 9.05 Å². The van der Waals surface area contributed by atoms with Crippen molar-refractivity contribution in [2.24, 2.45) is 5.41 Å². The van der Waals surface area contributed by atoms with E-state index in [1.165, 1.54) is 32.1 Å².